The van der Waals surface area contributed by atoms with Gasteiger partial charge in [-0.15, -0.1) is 0 Å². The first-order chi connectivity index (χ1) is 17.3. The molecule has 0 saturated carbocycles. The van der Waals surface area contributed by atoms with Crippen LogP contribution in [0.2, 0.25) is 0 Å². The van der Waals surface area contributed by atoms with Gasteiger partial charge < -0.3 is 10.1 Å². The lowest BCUT2D eigenvalue weighted by molar-refractivity contribution is -0.120. The van der Waals surface area contributed by atoms with Gasteiger partial charge in [-0.3, -0.25) is 14.5 Å². The Morgan fingerprint density at radius 1 is 0.889 bits per heavy atom. The van der Waals surface area contributed by atoms with E-state index in [2.05, 4.69) is 5.32 Å². The van der Waals surface area contributed by atoms with Crippen molar-refractivity contribution in [3.63, 3.8) is 0 Å². The number of carbonyl (C=O) groups is 3. The van der Waals surface area contributed by atoms with Crippen molar-refractivity contribution in [3.05, 3.63) is 96.1 Å². The third-order valence-corrected chi connectivity index (χ3v) is 7.04. The molecule has 1 atom stereocenters. The molecule has 0 aromatic heterocycles. The highest BCUT2D eigenvalue weighted by molar-refractivity contribution is 7.90. The highest BCUT2D eigenvalue weighted by Gasteiger charge is 2.35. The summed E-state index contributed by atoms with van der Waals surface area (Å²) in [4.78, 5) is 38.9. The van der Waals surface area contributed by atoms with Crippen LogP contribution < -0.4 is 10.0 Å². The van der Waals surface area contributed by atoms with Gasteiger partial charge in [-0.2, -0.15) is 0 Å². The number of amides is 3. The SMILES string of the molecule is O=C(NS(=O)(=O)c1ccc(NC(=O)C2CCCN2C(=O)OCc2ccccc2)cc1)c1ccccc1. The highest BCUT2D eigenvalue weighted by Crippen LogP contribution is 2.22. The van der Waals surface area contributed by atoms with Crippen LogP contribution in [0.25, 0.3) is 0 Å². The minimum absolute atomic E-state index is 0.112. The summed E-state index contributed by atoms with van der Waals surface area (Å²) >= 11 is 0. The maximum absolute atomic E-state index is 12.9. The van der Waals surface area contributed by atoms with E-state index in [4.69, 9.17) is 4.74 Å². The second kappa shape index (κ2) is 11.0. The number of nitrogens with one attached hydrogen (secondary N) is 2. The quantitative estimate of drug-likeness (QED) is 0.504. The minimum Gasteiger partial charge on any atom is -0.445 e. The summed E-state index contributed by atoms with van der Waals surface area (Å²) in [6, 6.07) is 22.0. The third kappa shape index (κ3) is 6.08. The van der Waals surface area contributed by atoms with Crippen molar-refractivity contribution in [1.82, 2.24) is 9.62 Å². The second-order valence-electron chi connectivity index (χ2n) is 8.21. The first kappa shape index (κ1) is 24.9. The standard InChI is InChI=1S/C26H25N3O6S/c30-24(20-10-5-2-6-11-20)28-36(33,34)22-15-13-21(14-16-22)27-25(31)23-12-7-17-29(23)26(32)35-18-19-8-3-1-4-9-19/h1-6,8-11,13-16,23H,7,12,17-18H2,(H,27,31)(H,28,30). The third-order valence-electron chi connectivity index (χ3n) is 5.69. The Labute approximate surface area is 209 Å². The summed E-state index contributed by atoms with van der Waals surface area (Å²) in [5.74, 6) is -1.13. The largest absolute Gasteiger partial charge is 0.445 e. The van der Waals surface area contributed by atoms with Crippen LogP contribution in [0.1, 0.15) is 28.8 Å². The van der Waals surface area contributed by atoms with Gasteiger partial charge in [-0.1, -0.05) is 48.5 Å². The zero-order valence-electron chi connectivity index (χ0n) is 19.3. The van der Waals surface area contributed by atoms with Crippen molar-refractivity contribution in [2.45, 2.75) is 30.4 Å². The van der Waals surface area contributed by atoms with Crippen LogP contribution in [0, 0.1) is 0 Å². The first-order valence-corrected chi connectivity index (χ1v) is 12.8. The van der Waals surface area contributed by atoms with Crippen molar-refractivity contribution in [1.29, 1.82) is 0 Å². The van der Waals surface area contributed by atoms with Crippen LogP contribution in [0.15, 0.2) is 89.8 Å². The van der Waals surface area contributed by atoms with E-state index in [1.54, 1.807) is 18.2 Å². The molecule has 3 aromatic rings. The van der Waals surface area contributed by atoms with Gasteiger partial charge in [0.15, 0.2) is 0 Å². The van der Waals surface area contributed by atoms with Crippen LogP contribution >= 0.6 is 0 Å². The molecule has 1 fully saturated rings. The summed E-state index contributed by atoms with van der Waals surface area (Å²) in [6.07, 6.45) is 0.591. The second-order valence-corrected chi connectivity index (χ2v) is 9.89. The van der Waals surface area contributed by atoms with E-state index in [-0.39, 0.29) is 17.1 Å². The van der Waals surface area contributed by atoms with E-state index in [0.717, 1.165) is 5.56 Å². The lowest BCUT2D eigenvalue weighted by Gasteiger charge is -2.23. The zero-order valence-corrected chi connectivity index (χ0v) is 20.1. The van der Waals surface area contributed by atoms with Crippen LogP contribution in [-0.4, -0.2) is 43.8 Å². The van der Waals surface area contributed by atoms with E-state index in [1.807, 2.05) is 35.1 Å². The van der Waals surface area contributed by atoms with Crippen LogP contribution in [0.5, 0.6) is 0 Å². The number of hydrogen-bond acceptors (Lipinski definition) is 6. The number of benzene rings is 3. The normalized spacial score (nSPS) is 15.2. The van der Waals surface area contributed by atoms with E-state index < -0.39 is 34.0 Å². The molecular formula is C26H25N3O6S. The average Bonchev–Trinajstić information content (AvgIpc) is 3.39. The zero-order chi connectivity index (χ0) is 25.5. The molecule has 1 heterocycles. The van der Waals surface area contributed by atoms with Crippen LogP contribution in [-0.2, 0) is 26.2 Å². The number of nitrogens with zero attached hydrogens (tertiary/aromatic N) is 1. The molecule has 0 radical (unpaired) electrons. The summed E-state index contributed by atoms with van der Waals surface area (Å²) < 4.78 is 32.5. The van der Waals surface area contributed by atoms with Gasteiger partial charge in [0.1, 0.15) is 12.6 Å². The fraction of sp³-hybridized carbons (Fsp3) is 0.192. The van der Waals surface area contributed by atoms with E-state index in [1.165, 1.54) is 41.3 Å². The van der Waals surface area contributed by atoms with E-state index in [9.17, 15) is 22.8 Å². The lowest BCUT2D eigenvalue weighted by Crippen LogP contribution is -2.43. The maximum Gasteiger partial charge on any atom is 0.410 e. The Kier molecular flexibility index (Phi) is 7.65. The molecule has 0 bridgehead atoms. The number of carbonyl (C=O) groups excluding carboxylic acids is 3. The van der Waals surface area contributed by atoms with Crippen molar-refractivity contribution < 1.29 is 27.5 Å². The smallest absolute Gasteiger partial charge is 0.410 e. The number of rotatable bonds is 7. The van der Waals surface area contributed by atoms with Crippen molar-refractivity contribution in [2.75, 3.05) is 11.9 Å². The Morgan fingerprint density at radius 2 is 1.53 bits per heavy atom. The molecule has 36 heavy (non-hydrogen) atoms. The fourth-order valence-electron chi connectivity index (χ4n) is 3.83. The molecule has 1 aliphatic heterocycles. The van der Waals surface area contributed by atoms with Crippen molar-refractivity contribution in [2.24, 2.45) is 0 Å². The Morgan fingerprint density at radius 3 is 2.19 bits per heavy atom. The predicted octanol–water partition coefficient (Wildman–Crippen LogP) is 3.55. The first-order valence-electron chi connectivity index (χ1n) is 11.3. The molecule has 3 aromatic carbocycles. The van der Waals surface area contributed by atoms with Gasteiger partial charge in [0.05, 0.1) is 4.90 Å². The van der Waals surface area contributed by atoms with Gasteiger partial charge in [-0.05, 0) is 54.8 Å². The van der Waals surface area contributed by atoms with Crippen LogP contribution in [0.4, 0.5) is 10.5 Å². The molecule has 0 spiro atoms. The van der Waals surface area contributed by atoms with Crippen molar-refractivity contribution in [3.8, 4) is 0 Å². The lowest BCUT2D eigenvalue weighted by atomic mass is 10.2. The molecule has 4 rings (SSSR count). The van der Waals surface area contributed by atoms with Gasteiger partial charge >= 0.3 is 6.09 Å². The summed E-state index contributed by atoms with van der Waals surface area (Å²) in [7, 11) is -4.10. The minimum atomic E-state index is -4.10. The van der Waals surface area contributed by atoms with Crippen LogP contribution in [0.3, 0.4) is 0 Å². The monoisotopic (exact) mass is 507 g/mol. The number of ether oxygens (including phenoxy) is 1. The summed E-state index contributed by atoms with van der Waals surface area (Å²) in [6.45, 7) is 0.519. The molecule has 9 nitrogen and oxygen atoms in total. The number of anilines is 1. The number of sulfonamides is 1. The highest BCUT2D eigenvalue weighted by atomic mass is 32.2. The molecular weight excluding hydrogens is 482 g/mol. The fourth-order valence-corrected chi connectivity index (χ4v) is 4.81. The van der Waals surface area contributed by atoms with Gasteiger partial charge in [0, 0.05) is 17.8 Å². The predicted molar refractivity (Wildman–Crippen MR) is 133 cm³/mol. The van der Waals surface area contributed by atoms with Gasteiger partial charge in [0.2, 0.25) is 5.91 Å². The summed E-state index contributed by atoms with van der Waals surface area (Å²) in [5.41, 5.74) is 1.42. The average molecular weight is 508 g/mol. The molecule has 1 aliphatic rings. The van der Waals surface area contributed by atoms with Crippen molar-refractivity contribution >= 4 is 33.6 Å². The molecule has 186 valence electrons. The Balaban J connectivity index is 1.35. The molecule has 0 aliphatic carbocycles. The van der Waals surface area contributed by atoms with Gasteiger partial charge in [0.25, 0.3) is 15.9 Å². The molecule has 2 N–H and O–H groups in total. The molecule has 1 saturated heterocycles. The number of likely N-dealkylation sites (tertiary alicyclic amines) is 1. The van der Waals surface area contributed by atoms with E-state index >= 15 is 0 Å². The maximum atomic E-state index is 12.9. The van der Waals surface area contributed by atoms with Gasteiger partial charge in [-0.25, -0.2) is 17.9 Å². The number of hydrogen-bond donors (Lipinski definition) is 2. The Hall–Kier alpha value is -4.18. The molecule has 3 amide bonds. The summed E-state index contributed by atoms with van der Waals surface area (Å²) in [5, 5.41) is 2.72. The van der Waals surface area contributed by atoms with E-state index in [0.29, 0.717) is 25.1 Å². The topological polar surface area (TPSA) is 122 Å². The molecule has 1 unspecified atom stereocenters. The molecule has 10 heteroatoms. The Bertz CT molecular complexity index is 1330.